The molecular formula is C96H178N8O22S4. The molecule has 30 nitrogen and oxygen atoms in total. The number of methoxy groups -OCH3 is 1. The highest BCUT2D eigenvalue weighted by molar-refractivity contribution is 7.99. The number of amides is 4. The molecular weight excluding hydrogens is 1750 g/mol. The first-order chi connectivity index (χ1) is 61.0. The molecule has 758 valence electrons. The van der Waals surface area contributed by atoms with Crippen LogP contribution in [-0.4, -0.2) is 300 Å². The van der Waals surface area contributed by atoms with E-state index in [9.17, 15) is 62.3 Å². The molecule has 4 amide bonds. The lowest BCUT2D eigenvalue weighted by atomic mass is 9.89. The highest BCUT2D eigenvalue weighted by atomic mass is 32.2. The molecule has 0 saturated carbocycles. The maximum Gasteiger partial charge on any atom is 0.333 e. The van der Waals surface area contributed by atoms with Crippen LogP contribution in [0.25, 0.3) is 0 Å². The van der Waals surface area contributed by atoms with Crippen molar-refractivity contribution in [3.05, 3.63) is 48.6 Å². The van der Waals surface area contributed by atoms with Gasteiger partial charge in [0.25, 0.3) is 0 Å². The van der Waals surface area contributed by atoms with Crippen molar-refractivity contribution < 1.29 is 105 Å². The Hall–Kier alpha value is -6.69. The van der Waals surface area contributed by atoms with Crippen LogP contribution in [0.1, 0.15) is 252 Å². The van der Waals surface area contributed by atoms with E-state index in [1.54, 1.807) is 39.5 Å². The smallest absolute Gasteiger partial charge is 0.333 e. The summed E-state index contributed by atoms with van der Waals surface area (Å²) < 4.78 is 44.8. The molecule has 1 unspecified atom stereocenters. The monoisotopic (exact) mass is 1920 g/mol. The summed E-state index contributed by atoms with van der Waals surface area (Å²) in [5, 5.41) is 14.8. The molecule has 0 radical (unpaired) electrons. The minimum Gasteiger partial charge on any atom is -0.469 e. The number of nitrogens with one attached hydrogen (secondary N) is 5. The number of esters is 9. The summed E-state index contributed by atoms with van der Waals surface area (Å²) in [4.78, 5) is 156. The fourth-order valence-corrected chi connectivity index (χ4v) is 13.1. The van der Waals surface area contributed by atoms with Gasteiger partial charge < -0.3 is 83.9 Å². The summed E-state index contributed by atoms with van der Waals surface area (Å²) in [5.74, 6) is 3.73. The number of unbranched alkanes of at least 4 members (excludes halogenated alkanes) is 9. The van der Waals surface area contributed by atoms with Gasteiger partial charge in [-0.2, -0.15) is 47.0 Å². The first-order valence-corrected chi connectivity index (χ1v) is 50.8. The SMILES string of the molecule is C=C(C)C(=O)OCCCC(=O)OCCCCCCSC.C=C(C)C(=O)OCCCC(=O)OCCCCCCSCC(C)(C)C(=O)NCCN(C)C.C=C(C)C(=O)OCCCC(=O)OCCCCCCSCC(C)C(=O)NCCCN(C)C.C=C(C)C(=O)OCCCC(=O)OCCSCC(C)(C)C(=O)NCCN(C)C.CCC(C)(C)C(=O)NCCNC.CCC(C)(C)C(=O)OC. The van der Waals surface area contributed by atoms with Crippen LogP contribution in [0, 0.1) is 27.6 Å². The predicted molar refractivity (Wildman–Crippen MR) is 533 cm³/mol. The molecule has 0 aliphatic carbocycles. The van der Waals surface area contributed by atoms with Crippen molar-refractivity contribution in [2.24, 2.45) is 27.6 Å². The van der Waals surface area contributed by atoms with Crippen molar-refractivity contribution in [1.82, 2.24) is 41.3 Å². The Morgan fingerprint density at radius 1 is 0.346 bits per heavy atom. The van der Waals surface area contributed by atoms with Crippen molar-refractivity contribution in [1.29, 1.82) is 0 Å². The summed E-state index contributed by atoms with van der Waals surface area (Å²) in [6.45, 7) is 50.4. The number of ether oxygens (including phenoxy) is 9. The third kappa shape index (κ3) is 89.2. The average molecular weight is 1920 g/mol. The van der Waals surface area contributed by atoms with E-state index in [4.69, 9.17) is 37.9 Å². The number of thioether (sulfide) groups is 4. The van der Waals surface area contributed by atoms with Crippen LogP contribution in [0.4, 0.5) is 0 Å². The van der Waals surface area contributed by atoms with Crippen molar-refractivity contribution in [2.45, 2.75) is 252 Å². The van der Waals surface area contributed by atoms with Crippen LogP contribution in [-0.2, 0) is 105 Å². The number of rotatable bonds is 70. The molecule has 0 saturated heterocycles. The normalized spacial score (nSPS) is 11.2. The van der Waals surface area contributed by atoms with E-state index in [2.05, 4.69) is 68.8 Å². The van der Waals surface area contributed by atoms with E-state index in [1.807, 2.05) is 171 Å². The molecule has 0 aliphatic heterocycles. The number of hydrogen-bond acceptors (Lipinski definition) is 30. The van der Waals surface area contributed by atoms with Gasteiger partial charge in [-0.25, -0.2) is 19.2 Å². The molecule has 0 spiro atoms. The lowest BCUT2D eigenvalue weighted by molar-refractivity contribution is -0.151. The predicted octanol–water partition coefficient (Wildman–Crippen LogP) is 14.4. The molecule has 0 aromatic heterocycles. The van der Waals surface area contributed by atoms with E-state index >= 15 is 0 Å². The number of hydrogen-bond donors (Lipinski definition) is 5. The molecule has 0 bridgehead atoms. The zero-order chi connectivity index (χ0) is 100. The van der Waals surface area contributed by atoms with E-state index in [-0.39, 0.29) is 128 Å². The van der Waals surface area contributed by atoms with Crippen molar-refractivity contribution in [3.8, 4) is 0 Å². The van der Waals surface area contributed by atoms with Crippen LogP contribution in [0.3, 0.4) is 0 Å². The molecule has 0 aromatic rings. The van der Waals surface area contributed by atoms with Crippen LogP contribution in [0.15, 0.2) is 48.6 Å². The van der Waals surface area contributed by atoms with Gasteiger partial charge in [-0.1, -0.05) is 127 Å². The Balaban J connectivity index is -0.000000369. The maximum atomic E-state index is 12.3. The summed E-state index contributed by atoms with van der Waals surface area (Å²) in [6.07, 6.45) is 20.1. The third-order valence-corrected chi connectivity index (χ3v) is 23.7. The number of carbonyl (C=O) groups is 13. The van der Waals surface area contributed by atoms with Crippen LogP contribution < -0.4 is 26.6 Å². The first-order valence-electron chi connectivity index (χ1n) is 46.0. The molecule has 0 aliphatic rings. The van der Waals surface area contributed by atoms with Gasteiger partial charge in [0, 0.05) is 128 Å². The fourth-order valence-electron chi connectivity index (χ4n) is 9.39. The minimum atomic E-state index is -0.478. The Kier molecular flexibility index (Phi) is 89.1. The molecule has 130 heavy (non-hydrogen) atoms. The van der Waals surface area contributed by atoms with E-state index in [1.165, 1.54) is 25.7 Å². The second kappa shape index (κ2) is 86.4. The Labute approximate surface area is 801 Å². The maximum absolute atomic E-state index is 12.3. The first kappa shape index (κ1) is 134. The zero-order valence-electron chi connectivity index (χ0n) is 84.9. The standard InChI is InChI=1S/2C23H42N2O5S.C19H34N2O5S.C15H26O4S.C9H20N2O.C7H14O2/c1-19(2)21(27)30-16-11-12-20(26)29-15-9-7-8-10-17-31-18-23(3,4)22(28)24-13-14-25(5)6;1-19(2)23(28)30-16-10-12-21(26)29-15-8-6-7-9-17-31-18-20(3)22(27)24-13-11-14-25(4)5;1-15(2)17(23)26-11-7-8-16(22)25-12-13-27-14-19(3,4)18(24)20-9-10-21(5)6;1-13(2)15(17)19-11-8-9-14(16)18-10-6-4-5-7-12-20-3;1-5-9(2,3)8(12)11-7-6-10-4;1-5-7(2,3)6(8)9-4/h1,7-18H2,2-6H3,(H,24,28);20H,1,6-18H2,2-5H3,(H,24,27);1,7-14H2,2-6H3,(H,20,24);1,4-12H2,2-3H3;10H,5-7H2,1-4H3,(H,11,12);5H2,1-4H3. The lowest BCUT2D eigenvalue weighted by Crippen LogP contribution is -2.41. The van der Waals surface area contributed by atoms with Gasteiger partial charge in [-0.05, 0) is 204 Å². The molecule has 0 fully saturated rings. The molecule has 34 heteroatoms. The van der Waals surface area contributed by atoms with E-state index < -0.39 is 29.3 Å². The van der Waals surface area contributed by atoms with Crippen LogP contribution >= 0.6 is 47.0 Å². The molecule has 0 heterocycles. The van der Waals surface area contributed by atoms with Crippen LogP contribution in [0.5, 0.6) is 0 Å². The fraction of sp³-hybridized carbons (Fsp3) is 0.781. The van der Waals surface area contributed by atoms with Gasteiger partial charge >= 0.3 is 53.7 Å². The van der Waals surface area contributed by atoms with Gasteiger partial charge in [0.1, 0.15) is 6.61 Å². The Morgan fingerprint density at radius 2 is 0.654 bits per heavy atom. The Bertz CT molecular complexity index is 3150. The Morgan fingerprint density at radius 3 is 0.969 bits per heavy atom. The van der Waals surface area contributed by atoms with Gasteiger partial charge in [0.15, 0.2) is 0 Å². The summed E-state index contributed by atoms with van der Waals surface area (Å²) in [6, 6.07) is 0. The number of likely N-dealkylation sites (N-methyl/N-ethyl adjacent to an activating group) is 3. The third-order valence-electron chi connectivity index (χ3n) is 18.8. The van der Waals surface area contributed by atoms with Gasteiger partial charge in [-0.15, -0.1) is 0 Å². The lowest BCUT2D eigenvalue weighted by Gasteiger charge is -2.23. The zero-order valence-corrected chi connectivity index (χ0v) is 88.2. The second-order valence-electron chi connectivity index (χ2n) is 34.9. The molecule has 0 rings (SSSR count). The largest absolute Gasteiger partial charge is 0.469 e. The molecule has 5 N–H and O–H groups in total. The molecule has 1 atom stereocenters. The van der Waals surface area contributed by atoms with E-state index in [0.717, 1.165) is 139 Å². The molecule has 0 aromatic carbocycles. The minimum absolute atomic E-state index is 0.0261. The summed E-state index contributed by atoms with van der Waals surface area (Å²) in [5.41, 5.74) is 0.0286. The number of nitrogens with zero attached hydrogens (tertiary/aromatic N) is 3. The average Bonchev–Trinajstić information content (AvgIpc) is 0.877. The van der Waals surface area contributed by atoms with E-state index in [0.29, 0.717) is 106 Å². The van der Waals surface area contributed by atoms with Gasteiger partial charge in [0.05, 0.1) is 69.6 Å². The highest BCUT2D eigenvalue weighted by Crippen LogP contribution is 2.25. The second-order valence-corrected chi connectivity index (χ2v) is 39.3. The van der Waals surface area contributed by atoms with Crippen molar-refractivity contribution >= 4 is 124 Å². The van der Waals surface area contributed by atoms with Crippen molar-refractivity contribution in [2.75, 3.05) is 208 Å². The van der Waals surface area contributed by atoms with Crippen LogP contribution in [0.2, 0.25) is 0 Å². The topological polar surface area (TPSA) is 375 Å². The van der Waals surface area contributed by atoms with Crippen molar-refractivity contribution in [3.63, 3.8) is 0 Å². The quantitative estimate of drug-likeness (QED) is 0.0163. The highest BCUT2D eigenvalue weighted by Gasteiger charge is 2.30. The van der Waals surface area contributed by atoms with Gasteiger partial charge in [-0.3, -0.25) is 43.2 Å². The van der Waals surface area contributed by atoms with Gasteiger partial charge in [0.2, 0.25) is 23.6 Å². The summed E-state index contributed by atoms with van der Waals surface area (Å²) >= 11 is 7.07. The number of carbonyl (C=O) groups excluding carboxylic acids is 13. The summed E-state index contributed by atoms with van der Waals surface area (Å²) in [7, 11) is 15.3.